The summed E-state index contributed by atoms with van der Waals surface area (Å²) in [6.07, 6.45) is 4.19. The van der Waals surface area contributed by atoms with Gasteiger partial charge in [0.1, 0.15) is 0 Å². The van der Waals surface area contributed by atoms with Crippen LogP contribution in [0.2, 0.25) is 0 Å². The highest BCUT2D eigenvalue weighted by atomic mass is 32.1. The standard InChI is InChI=1S/C13H23N3OS/c1-10(13-8-15-11(2)18-13)14-7-12(17)9-16-5-3-4-6-16/h8,10,12,14,17H,3-7,9H2,1-2H3. The highest BCUT2D eigenvalue weighted by Gasteiger charge is 2.16. The number of nitrogens with zero attached hydrogens (tertiary/aromatic N) is 2. The predicted molar refractivity (Wildman–Crippen MR) is 74.9 cm³/mol. The summed E-state index contributed by atoms with van der Waals surface area (Å²) in [5, 5.41) is 14.5. The maximum Gasteiger partial charge on any atom is 0.0897 e. The second kappa shape index (κ2) is 6.61. The summed E-state index contributed by atoms with van der Waals surface area (Å²) >= 11 is 1.71. The fourth-order valence-electron chi connectivity index (χ4n) is 2.32. The van der Waals surface area contributed by atoms with Gasteiger partial charge in [0.2, 0.25) is 0 Å². The number of nitrogens with one attached hydrogen (secondary N) is 1. The lowest BCUT2D eigenvalue weighted by Crippen LogP contribution is -2.37. The van der Waals surface area contributed by atoms with Crippen molar-refractivity contribution in [3.8, 4) is 0 Å². The van der Waals surface area contributed by atoms with E-state index in [4.69, 9.17) is 0 Å². The lowest BCUT2D eigenvalue weighted by Gasteiger charge is -2.21. The van der Waals surface area contributed by atoms with E-state index >= 15 is 0 Å². The van der Waals surface area contributed by atoms with Crippen LogP contribution in [0.15, 0.2) is 6.20 Å². The number of aliphatic hydroxyl groups excluding tert-OH is 1. The first-order valence-electron chi connectivity index (χ1n) is 6.71. The maximum atomic E-state index is 9.99. The van der Waals surface area contributed by atoms with Crippen LogP contribution in [-0.2, 0) is 0 Å². The molecule has 1 aromatic heterocycles. The van der Waals surface area contributed by atoms with Crippen molar-refractivity contribution in [2.45, 2.75) is 38.8 Å². The summed E-state index contributed by atoms with van der Waals surface area (Å²) in [4.78, 5) is 7.83. The molecule has 0 saturated carbocycles. The van der Waals surface area contributed by atoms with Crippen LogP contribution in [0, 0.1) is 6.92 Å². The molecule has 2 N–H and O–H groups in total. The molecule has 1 saturated heterocycles. The van der Waals surface area contributed by atoms with Gasteiger partial charge < -0.3 is 15.3 Å². The van der Waals surface area contributed by atoms with Crippen molar-refractivity contribution < 1.29 is 5.11 Å². The Morgan fingerprint density at radius 2 is 2.22 bits per heavy atom. The molecule has 1 fully saturated rings. The molecular formula is C13H23N3OS. The smallest absolute Gasteiger partial charge is 0.0897 e. The van der Waals surface area contributed by atoms with Crippen LogP contribution < -0.4 is 5.32 Å². The number of aromatic nitrogens is 1. The van der Waals surface area contributed by atoms with E-state index in [9.17, 15) is 5.11 Å². The van der Waals surface area contributed by atoms with Crippen LogP contribution in [0.4, 0.5) is 0 Å². The van der Waals surface area contributed by atoms with Crippen LogP contribution in [-0.4, -0.2) is 47.3 Å². The second-order valence-corrected chi connectivity index (χ2v) is 6.34. The van der Waals surface area contributed by atoms with E-state index < -0.39 is 0 Å². The van der Waals surface area contributed by atoms with E-state index in [1.165, 1.54) is 17.7 Å². The first kappa shape index (κ1) is 13.9. The fraction of sp³-hybridized carbons (Fsp3) is 0.769. The Morgan fingerprint density at radius 1 is 1.50 bits per heavy atom. The Morgan fingerprint density at radius 3 is 2.83 bits per heavy atom. The molecule has 2 unspecified atom stereocenters. The van der Waals surface area contributed by atoms with Gasteiger partial charge in [-0.05, 0) is 39.8 Å². The molecule has 4 nitrogen and oxygen atoms in total. The Bertz CT molecular complexity index is 363. The average molecular weight is 269 g/mol. The Labute approximate surface area is 113 Å². The molecule has 5 heteroatoms. The zero-order valence-corrected chi connectivity index (χ0v) is 12.0. The van der Waals surface area contributed by atoms with Crippen molar-refractivity contribution in [1.82, 2.24) is 15.2 Å². The molecular weight excluding hydrogens is 246 g/mol. The molecule has 0 amide bonds. The minimum Gasteiger partial charge on any atom is -0.390 e. The summed E-state index contributed by atoms with van der Waals surface area (Å²) in [7, 11) is 0. The van der Waals surface area contributed by atoms with Crippen molar-refractivity contribution in [3.05, 3.63) is 16.1 Å². The monoisotopic (exact) mass is 269 g/mol. The highest BCUT2D eigenvalue weighted by molar-refractivity contribution is 7.11. The largest absolute Gasteiger partial charge is 0.390 e. The normalized spacial score (nSPS) is 20.2. The van der Waals surface area contributed by atoms with Crippen LogP contribution in [0.5, 0.6) is 0 Å². The van der Waals surface area contributed by atoms with Gasteiger partial charge in [-0.25, -0.2) is 4.98 Å². The van der Waals surface area contributed by atoms with Crippen molar-refractivity contribution in [2.75, 3.05) is 26.2 Å². The minimum absolute atomic E-state index is 0.268. The van der Waals surface area contributed by atoms with E-state index in [1.807, 2.05) is 13.1 Å². The molecule has 1 aliphatic rings. The summed E-state index contributed by atoms with van der Waals surface area (Å²) < 4.78 is 0. The fourth-order valence-corrected chi connectivity index (χ4v) is 3.13. The quantitative estimate of drug-likeness (QED) is 0.823. The molecule has 0 aliphatic carbocycles. The molecule has 0 radical (unpaired) electrons. The Balaban J connectivity index is 1.70. The number of rotatable bonds is 6. The van der Waals surface area contributed by atoms with Crippen LogP contribution in [0.3, 0.4) is 0 Å². The van der Waals surface area contributed by atoms with E-state index in [0.29, 0.717) is 6.54 Å². The third-order valence-electron chi connectivity index (χ3n) is 3.39. The third kappa shape index (κ3) is 4.02. The third-order valence-corrected chi connectivity index (χ3v) is 4.49. The molecule has 2 rings (SSSR count). The highest BCUT2D eigenvalue weighted by Crippen LogP contribution is 2.19. The molecule has 0 spiro atoms. The van der Waals surface area contributed by atoms with E-state index in [-0.39, 0.29) is 12.1 Å². The van der Waals surface area contributed by atoms with Crippen molar-refractivity contribution in [3.63, 3.8) is 0 Å². The number of hydrogen-bond acceptors (Lipinski definition) is 5. The molecule has 1 aliphatic heterocycles. The van der Waals surface area contributed by atoms with Gasteiger partial charge in [-0.15, -0.1) is 11.3 Å². The van der Waals surface area contributed by atoms with Crippen LogP contribution >= 0.6 is 11.3 Å². The van der Waals surface area contributed by atoms with Crippen LogP contribution in [0.25, 0.3) is 0 Å². The number of aryl methyl sites for hydroxylation is 1. The molecule has 102 valence electrons. The Kier molecular flexibility index (Phi) is 5.12. The van der Waals surface area contributed by atoms with Crippen LogP contribution in [0.1, 0.15) is 35.7 Å². The summed E-state index contributed by atoms with van der Waals surface area (Å²) in [5.74, 6) is 0. The molecule has 2 heterocycles. The number of β-amino-alcohol motifs (C(OH)–C–C–N with tert-alkyl or cyclic N) is 1. The molecule has 1 aromatic rings. The molecule has 18 heavy (non-hydrogen) atoms. The lowest BCUT2D eigenvalue weighted by atomic mass is 10.2. The first-order chi connectivity index (χ1) is 8.65. The molecule has 0 aromatic carbocycles. The van der Waals surface area contributed by atoms with Crippen molar-refractivity contribution >= 4 is 11.3 Å². The maximum absolute atomic E-state index is 9.99. The minimum atomic E-state index is -0.278. The van der Waals surface area contributed by atoms with E-state index in [1.54, 1.807) is 11.3 Å². The SMILES string of the molecule is Cc1ncc(C(C)NCC(O)CN2CCCC2)s1. The van der Waals surface area contributed by atoms with Gasteiger partial charge in [-0.3, -0.25) is 0 Å². The van der Waals surface area contributed by atoms with Gasteiger partial charge in [-0.2, -0.15) is 0 Å². The average Bonchev–Trinajstić information content (AvgIpc) is 2.97. The number of hydrogen-bond donors (Lipinski definition) is 2. The van der Waals surface area contributed by atoms with Gasteiger partial charge in [0.05, 0.1) is 11.1 Å². The summed E-state index contributed by atoms with van der Waals surface area (Å²) in [6, 6.07) is 0.268. The van der Waals surface area contributed by atoms with Crippen molar-refractivity contribution in [1.29, 1.82) is 0 Å². The van der Waals surface area contributed by atoms with Gasteiger partial charge in [-0.1, -0.05) is 0 Å². The van der Waals surface area contributed by atoms with Gasteiger partial charge in [0, 0.05) is 30.2 Å². The van der Waals surface area contributed by atoms with E-state index in [0.717, 1.165) is 24.6 Å². The summed E-state index contributed by atoms with van der Waals surface area (Å²) in [6.45, 7) is 7.86. The van der Waals surface area contributed by atoms with Gasteiger partial charge in [0.15, 0.2) is 0 Å². The molecule has 2 atom stereocenters. The molecule has 0 bridgehead atoms. The lowest BCUT2D eigenvalue weighted by molar-refractivity contribution is 0.121. The topological polar surface area (TPSA) is 48.4 Å². The predicted octanol–water partition coefficient (Wildman–Crippen LogP) is 1.56. The number of thiazole rings is 1. The number of aliphatic hydroxyl groups is 1. The second-order valence-electron chi connectivity index (χ2n) is 5.07. The van der Waals surface area contributed by atoms with E-state index in [2.05, 4.69) is 22.1 Å². The first-order valence-corrected chi connectivity index (χ1v) is 7.53. The Hall–Kier alpha value is -0.490. The zero-order chi connectivity index (χ0) is 13.0. The van der Waals surface area contributed by atoms with Crippen molar-refractivity contribution in [2.24, 2.45) is 0 Å². The van der Waals surface area contributed by atoms with Gasteiger partial charge in [0.25, 0.3) is 0 Å². The zero-order valence-electron chi connectivity index (χ0n) is 11.2. The van der Waals surface area contributed by atoms with Gasteiger partial charge >= 0.3 is 0 Å². The number of likely N-dealkylation sites (tertiary alicyclic amines) is 1. The summed E-state index contributed by atoms with van der Waals surface area (Å²) in [5.41, 5.74) is 0.